The number of aryl methyl sites for hydroxylation is 2. The second-order valence-electron chi connectivity index (χ2n) is 3.45. The first-order valence-corrected chi connectivity index (χ1v) is 5.21. The maximum Gasteiger partial charge on any atom is 0.146 e. The van der Waals surface area contributed by atoms with Crippen LogP contribution >= 0.6 is 0 Å². The highest BCUT2D eigenvalue weighted by Gasteiger charge is 2.03. The Balaban J connectivity index is 1.87. The molecule has 0 aliphatic heterocycles. The maximum atomic E-state index is 4.17. The topological polar surface area (TPSA) is 73.5 Å². The van der Waals surface area contributed by atoms with Gasteiger partial charge in [0.2, 0.25) is 0 Å². The van der Waals surface area contributed by atoms with Gasteiger partial charge in [0.05, 0.1) is 13.1 Å². The number of hydrogen-bond acceptors (Lipinski definition) is 5. The van der Waals surface area contributed by atoms with Gasteiger partial charge in [-0.1, -0.05) is 0 Å². The van der Waals surface area contributed by atoms with Crippen molar-refractivity contribution in [3.63, 3.8) is 0 Å². The third kappa shape index (κ3) is 2.25. The summed E-state index contributed by atoms with van der Waals surface area (Å²) in [5, 5.41) is 15.2. The van der Waals surface area contributed by atoms with E-state index >= 15 is 0 Å². The van der Waals surface area contributed by atoms with Gasteiger partial charge < -0.3 is 9.88 Å². The number of aromatic nitrogens is 6. The third-order valence-corrected chi connectivity index (χ3v) is 2.37. The molecule has 2 aromatic rings. The van der Waals surface area contributed by atoms with E-state index in [4.69, 9.17) is 0 Å². The lowest BCUT2D eigenvalue weighted by Crippen LogP contribution is -2.19. The van der Waals surface area contributed by atoms with E-state index in [1.54, 1.807) is 12.7 Å². The van der Waals surface area contributed by atoms with Gasteiger partial charge in [0.1, 0.15) is 24.3 Å². The first kappa shape index (κ1) is 10.7. The normalized spacial score (nSPS) is 10.9. The lowest BCUT2D eigenvalue weighted by Gasteiger charge is -2.04. The Kier molecular flexibility index (Phi) is 3.25. The zero-order valence-electron chi connectivity index (χ0n) is 9.46. The minimum Gasteiger partial charge on any atom is -0.320 e. The van der Waals surface area contributed by atoms with Crippen LogP contribution in [-0.2, 0) is 26.7 Å². The lowest BCUT2D eigenvalue weighted by atomic mass is 10.5. The van der Waals surface area contributed by atoms with Gasteiger partial charge in [-0.05, 0) is 6.92 Å². The molecule has 0 atom stereocenters. The number of rotatable bonds is 5. The first-order valence-electron chi connectivity index (χ1n) is 5.21. The first-order chi connectivity index (χ1) is 7.81. The summed E-state index contributed by atoms with van der Waals surface area (Å²) in [7, 11) is 1.92. The zero-order chi connectivity index (χ0) is 11.4. The number of nitrogens with one attached hydrogen (secondary N) is 1. The summed E-state index contributed by atoms with van der Waals surface area (Å²) >= 11 is 0. The molecule has 0 aromatic carbocycles. The van der Waals surface area contributed by atoms with Gasteiger partial charge in [0.15, 0.2) is 0 Å². The van der Waals surface area contributed by atoms with Crippen molar-refractivity contribution in [1.29, 1.82) is 0 Å². The van der Waals surface area contributed by atoms with Crippen molar-refractivity contribution in [2.75, 3.05) is 0 Å². The van der Waals surface area contributed by atoms with E-state index in [0.717, 1.165) is 18.2 Å². The van der Waals surface area contributed by atoms with Gasteiger partial charge in [-0.2, -0.15) is 5.10 Å². The quantitative estimate of drug-likeness (QED) is 0.751. The fraction of sp³-hybridized carbons (Fsp3) is 0.556. The number of nitrogens with zero attached hydrogens (tertiary/aromatic N) is 6. The lowest BCUT2D eigenvalue weighted by molar-refractivity contribution is 0.559. The Morgan fingerprint density at radius 3 is 2.81 bits per heavy atom. The molecular formula is C9H15N7. The monoisotopic (exact) mass is 221 g/mol. The predicted octanol–water partition coefficient (Wildman–Crippen LogP) is -0.284. The average Bonchev–Trinajstić information content (AvgIpc) is 2.88. The molecule has 0 bridgehead atoms. The largest absolute Gasteiger partial charge is 0.320 e. The SMILES string of the molecule is CCn1ncnc1CNCc1nncn1C. The van der Waals surface area contributed by atoms with Crippen LogP contribution < -0.4 is 5.32 Å². The Hall–Kier alpha value is -1.76. The minimum atomic E-state index is 0.674. The summed E-state index contributed by atoms with van der Waals surface area (Å²) in [6.45, 7) is 4.23. The molecule has 0 aliphatic carbocycles. The highest BCUT2D eigenvalue weighted by molar-refractivity contribution is 4.87. The van der Waals surface area contributed by atoms with Crippen molar-refractivity contribution >= 4 is 0 Å². The molecule has 0 amide bonds. The predicted molar refractivity (Wildman–Crippen MR) is 57.2 cm³/mol. The van der Waals surface area contributed by atoms with Crippen molar-refractivity contribution in [1.82, 2.24) is 34.8 Å². The van der Waals surface area contributed by atoms with E-state index in [1.807, 2.05) is 23.2 Å². The molecule has 2 rings (SSSR count). The van der Waals surface area contributed by atoms with E-state index in [2.05, 4.69) is 25.6 Å². The molecule has 1 N–H and O–H groups in total. The second kappa shape index (κ2) is 4.84. The van der Waals surface area contributed by atoms with Crippen LogP contribution in [0.25, 0.3) is 0 Å². The van der Waals surface area contributed by atoms with E-state index < -0.39 is 0 Å². The van der Waals surface area contributed by atoms with Crippen LogP contribution in [0.4, 0.5) is 0 Å². The summed E-state index contributed by atoms with van der Waals surface area (Å²) in [6.07, 6.45) is 3.26. The van der Waals surface area contributed by atoms with Gasteiger partial charge in [-0.25, -0.2) is 9.67 Å². The Morgan fingerprint density at radius 1 is 1.31 bits per heavy atom. The van der Waals surface area contributed by atoms with Crippen molar-refractivity contribution in [3.8, 4) is 0 Å². The molecule has 0 unspecified atom stereocenters. The fourth-order valence-corrected chi connectivity index (χ4v) is 1.44. The fourth-order valence-electron chi connectivity index (χ4n) is 1.44. The van der Waals surface area contributed by atoms with Gasteiger partial charge in [-0.3, -0.25) is 0 Å². The van der Waals surface area contributed by atoms with E-state index in [0.29, 0.717) is 13.1 Å². The van der Waals surface area contributed by atoms with Crippen molar-refractivity contribution in [2.24, 2.45) is 7.05 Å². The van der Waals surface area contributed by atoms with E-state index in [-0.39, 0.29) is 0 Å². The molecule has 0 spiro atoms. The average molecular weight is 221 g/mol. The van der Waals surface area contributed by atoms with Gasteiger partial charge in [-0.15, -0.1) is 10.2 Å². The Labute approximate surface area is 93.5 Å². The summed E-state index contributed by atoms with van der Waals surface area (Å²) in [4.78, 5) is 4.17. The summed E-state index contributed by atoms with van der Waals surface area (Å²) in [6, 6.07) is 0. The van der Waals surface area contributed by atoms with Gasteiger partial charge >= 0.3 is 0 Å². The molecule has 0 saturated heterocycles. The molecule has 7 nitrogen and oxygen atoms in total. The molecule has 0 saturated carbocycles. The van der Waals surface area contributed by atoms with Gasteiger partial charge in [0, 0.05) is 13.6 Å². The zero-order valence-corrected chi connectivity index (χ0v) is 9.46. The van der Waals surface area contributed by atoms with Crippen molar-refractivity contribution in [3.05, 3.63) is 24.3 Å². The summed E-state index contributed by atoms with van der Waals surface area (Å²) in [5.74, 6) is 1.84. The van der Waals surface area contributed by atoms with Crippen LogP contribution in [0.15, 0.2) is 12.7 Å². The Morgan fingerprint density at radius 2 is 2.12 bits per heavy atom. The Bertz CT molecular complexity index is 444. The van der Waals surface area contributed by atoms with Crippen LogP contribution in [0.2, 0.25) is 0 Å². The molecule has 2 aromatic heterocycles. The molecule has 0 fully saturated rings. The molecule has 2 heterocycles. The highest BCUT2D eigenvalue weighted by atomic mass is 15.3. The molecule has 16 heavy (non-hydrogen) atoms. The minimum absolute atomic E-state index is 0.674. The summed E-state index contributed by atoms with van der Waals surface area (Å²) in [5.41, 5.74) is 0. The van der Waals surface area contributed by atoms with E-state index in [1.165, 1.54) is 0 Å². The molecule has 86 valence electrons. The molecule has 0 radical (unpaired) electrons. The third-order valence-electron chi connectivity index (χ3n) is 2.37. The van der Waals surface area contributed by atoms with Crippen LogP contribution in [0.1, 0.15) is 18.6 Å². The van der Waals surface area contributed by atoms with Gasteiger partial charge in [0.25, 0.3) is 0 Å². The smallest absolute Gasteiger partial charge is 0.146 e. The molecule has 0 aliphatic rings. The van der Waals surface area contributed by atoms with Crippen LogP contribution in [0, 0.1) is 0 Å². The maximum absolute atomic E-state index is 4.17. The molecular weight excluding hydrogens is 206 g/mol. The van der Waals surface area contributed by atoms with Crippen LogP contribution in [0.5, 0.6) is 0 Å². The van der Waals surface area contributed by atoms with Crippen molar-refractivity contribution in [2.45, 2.75) is 26.6 Å². The van der Waals surface area contributed by atoms with Crippen LogP contribution in [-0.4, -0.2) is 29.5 Å². The standard InChI is InChI=1S/C9H15N7/c1-3-16-8(11-6-13-16)4-10-5-9-14-12-7-15(9)2/h6-7,10H,3-5H2,1-2H3. The van der Waals surface area contributed by atoms with Crippen molar-refractivity contribution < 1.29 is 0 Å². The summed E-state index contributed by atoms with van der Waals surface area (Å²) < 4.78 is 3.75. The highest BCUT2D eigenvalue weighted by Crippen LogP contribution is 1.95. The van der Waals surface area contributed by atoms with Crippen LogP contribution in [0.3, 0.4) is 0 Å². The molecule has 7 heteroatoms. The second-order valence-corrected chi connectivity index (χ2v) is 3.45. The van der Waals surface area contributed by atoms with E-state index in [9.17, 15) is 0 Å². The number of hydrogen-bond donors (Lipinski definition) is 1.